The van der Waals surface area contributed by atoms with Gasteiger partial charge in [0.1, 0.15) is 0 Å². The van der Waals surface area contributed by atoms with Gasteiger partial charge in [-0.15, -0.1) is 0 Å². The highest BCUT2D eigenvalue weighted by atomic mass is 16.5. The molecule has 0 aromatic heterocycles. The minimum atomic E-state index is 0.00894. The maximum absolute atomic E-state index is 9.67. The van der Waals surface area contributed by atoms with E-state index >= 15 is 0 Å². The highest BCUT2D eigenvalue weighted by molar-refractivity contribution is 5.20. The van der Waals surface area contributed by atoms with Crippen molar-refractivity contribution in [2.24, 2.45) is 5.41 Å². The van der Waals surface area contributed by atoms with Crippen molar-refractivity contribution in [3.63, 3.8) is 0 Å². The normalized spacial score (nSPS) is 30.8. The Morgan fingerprint density at radius 2 is 2.05 bits per heavy atom. The molecular formula is C17H27NO2. The lowest BCUT2D eigenvalue weighted by Gasteiger charge is -2.54. The third kappa shape index (κ3) is 2.90. The number of ether oxygens (including phenoxy) is 1. The van der Waals surface area contributed by atoms with Gasteiger partial charge in [0.2, 0.25) is 0 Å². The number of aliphatic hydroxyl groups excluding tert-OH is 1. The van der Waals surface area contributed by atoms with Crippen LogP contribution in [0.15, 0.2) is 30.3 Å². The second-order valence-electron chi connectivity index (χ2n) is 5.90. The highest BCUT2D eigenvalue weighted by Gasteiger charge is 2.51. The molecule has 2 N–H and O–H groups in total. The summed E-state index contributed by atoms with van der Waals surface area (Å²) in [6, 6.07) is 10.6. The van der Waals surface area contributed by atoms with Gasteiger partial charge >= 0.3 is 0 Å². The van der Waals surface area contributed by atoms with Crippen LogP contribution in [0.25, 0.3) is 0 Å². The quantitative estimate of drug-likeness (QED) is 0.805. The number of hydrogen-bond donors (Lipinski definition) is 2. The molecule has 112 valence electrons. The lowest BCUT2D eigenvalue weighted by atomic mass is 9.61. The minimum Gasteiger partial charge on any atom is -0.394 e. The van der Waals surface area contributed by atoms with Gasteiger partial charge in [-0.05, 0) is 25.3 Å². The molecule has 4 unspecified atom stereocenters. The lowest BCUT2D eigenvalue weighted by molar-refractivity contribution is -0.129. The van der Waals surface area contributed by atoms with E-state index in [2.05, 4.69) is 38.2 Å². The predicted molar refractivity (Wildman–Crippen MR) is 81.6 cm³/mol. The summed E-state index contributed by atoms with van der Waals surface area (Å²) >= 11 is 0. The summed E-state index contributed by atoms with van der Waals surface area (Å²) in [7, 11) is 0. The van der Waals surface area contributed by atoms with Gasteiger partial charge < -0.3 is 15.2 Å². The van der Waals surface area contributed by atoms with Crippen molar-refractivity contribution in [1.82, 2.24) is 5.32 Å². The van der Waals surface area contributed by atoms with E-state index in [-0.39, 0.29) is 18.1 Å². The largest absolute Gasteiger partial charge is 0.394 e. The van der Waals surface area contributed by atoms with Crippen molar-refractivity contribution in [3.8, 4) is 0 Å². The smallest absolute Gasteiger partial charge is 0.0658 e. The van der Waals surface area contributed by atoms with Crippen LogP contribution < -0.4 is 5.32 Å². The molecule has 1 fully saturated rings. The maximum atomic E-state index is 9.67. The van der Waals surface area contributed by atoms with Crippen LogP contribution in [0.3, 0.4) is 0 Å². The highest BCUT2D eigenvalue weighted by Crippen LogP contribution is 2.46. The Labute approximate surface area is 122 Å². The van der Waals surface area contributed by atoms with Gasteiger partial charge in [0, 0.05) is 18.1 Å². The summed E-state index contributed by atoms with van der Waals surface area (Å²) in [5.74, 6) is 0. The van der Waals surface area contributed by atoms with E-state index < -0.39 is 0 Å². The van der Waals surface area contributed by atoms with Crippen LogP contribution >= 0.6 is 0 Å². The van der Waals surface area contributed by atoms with Crippen molar-refractivity contribution >= 4 is 0 Å². The zero-order chi connectivity index (χ0) is 14.6. The zero-order valence-corrected chi connectivity index (χ0v) is 12.8. The first-order valence-corrected chi connectivity index (χ1v) is 7.69. The second kappa shape index (κ2) is 6.70. The minimum absolute atomic E-state index is 0.00894. The fourth-order valence-corrected chi connectivity index (χ4v) is 3.19. The number of hydrogen-bond acceptors (Lipinski definition) is 3. The molecule has 0 aliphatic heterocycles. The van der Waals surface area contributed by atoms with Crippen molar-refractivity contribution in [3.05, 3.63) is 35.9 Å². The molecule has 0 amide bonds. The topological polar surface area (TPSA) is 41.5 Å². The first-order valence-electron chi connectivity index (χ1n) is 7.69. The Kier molecular flexibility index (Phi) is 5.19. The van der Waals surface area contributed by atoms with Gasteiger partial charge in [-0.1, -0.05) is 44.2 Å². The molecule has 1 aliphatic rings. The molecule has 1 aromatic rings. The number of rotatable bonds is 7. The van der Waals surface area contributed by atoms with Gasteiger partial charge in [-0.2, -0.15) is 0 Å². The SMILES string of the molecule is CCOC1CC(NC(CO)c2ccccc2)C1(C)CC. The van der Waals surface area contributed by atoms with Crippen LogP contribution in [0.4, 0.5) is 0 Å². The zero-order valence-electron chi connectivity index (χ0n) is 12.8. The van der Waals surface area contributed by atoms with E-state index in [0.29, 0.717) is 12.1 Å². The van der Waals surface area contributed by atoms with Gasteiger partial charge in [-0.25, -0.2) is 0 Å². The third-order valence-corrected chi connectivity index (χ3v) is 4.90. The van der Waals surface area contributed by atoms with Crippen molar-refractivity contribution in [2.45, 2.75) is 51.8 Å². The summed E-state index contributed by atoms with van der Waals surface area (Å²) in [5, 5.41) is 13.3. The van der Waals surface area contributed by atoms with Crippen LogP contribution in [0, 0.1) is 5.41 Å². The van der Waals surface area contributed by atoms with E-state index in [9.17, 15) is 5.11 Å². The van der Waals surface area contributed by atoms with Crippen LogP contribution in [0.5, 0.6) is 0 Å². The van der Waals surface area contributed by atoms with E-state index in [1.165, 1.54) is 0 Å². The number of benzene rings is 1. The molecule has 1 aromatic carbocycles. The van der Waals surface area contributed by atoms with Gasteiger partial charge in [0.15, 0.2) is 0 Å². The Morgan fingerprint density at radius 1 is 1.35 bits per heavy atom. The van der Waals surface area contributed by atoms with Crippen LogP contribution in [-0.4, -0.2) is 30.5 Å². The first-order chi connectivity index (χ1) is 9.65. The Balaban J connectivity index is 2.02. The fraction of sp³-hybridized carbons (Fsp3) is 0.647. The fourth-order valence-electron chi connectivity index (χ4n) is 3.19. The summed E-state index contributed by atoms with van der Waals surface area (Å²) in [4.78, 5) is 0. The van der Waals surface area contributed by atoms with Gasteiger partial charge in [0.25, 0.3) is 0 Å². The predicted octanol–water partition coefficient (Wildman–Crippen LogP) is 2.90. The van der Waals surface area contributed by atoms with Crippen molar-refractivity contribution in [1.29, 1.82) is 0 Å². The van der Waals surface area contributed by atoms with E-state index in [0.717, 1.165) is 25.0 Å². The lowest BCUT2D eigenvalue weighted by Crippen LogP contribution is -2.62. The molecule has 2 rings (SSSR count). The van der Waals surface area contributed by atoms with Crippen molar-refractivity contribution in [2.75, 3.05) is 13.2 Å². The van der Waals surface area contributed by atoms with Crippen LogP contribution in [0.2, 0.25) is 0 Å². The van der Waals surface area contributed by atoms with Gasteiger partial charge in [0.05, 0.1) is 18.8 Å². The second-order valence-corrected chi connectivity index (χ2v) is 5.90. The molecule has 20 heavy (non-hydrogen) atoms. The summed E-state index contributed by atoms with van der Waals surface area (Å²) in [6.45, 7) is 7.45. The Hall–Kier alpha value is -0.900. The average Bonchev–Trinajstić information content (AvgIpc) is 2.50. The van der Waals surface area contributed by atoms with E-state index in [1.54, 1.807) is 0 Å². The monoisotopic (exact) mass is 277 g/mol. The number of aliphatic hydroxyl groups is 1. The molecule has 3 nitrogen and oxygen atoms in total. The van der Waals surface area contributed by atoms with Crippen LogP contribution in [-0.2, 0) is 4.74 Å². The average molecular weight is 277 g/mol. The van der Waals surface area contributed by atoms with E-state index in [4.69, 9.17) is 4.74 Å². The summed E-state index contributed by atoms with van der Waals surface area (Å²) in [5.41, 5.74) is 1.31. The summed E-state index contributed by atoms with van der Waals surface area (Å²) < 4.78 is 5.83. The molecule has 3 heteroatoms. The Morgan fingerprint density at radius 3 is 2.60 bits per heavy atom. The molecule has 1 aliphatic carbocycles. The standard InChI is InChI=1S/C17H27NO2/c1-4-17(3)15(11-16(17)20-5-2)18-14(12-19)13-9-7-6-8-10-13/h6-10,14-16,18-19H,4-5,11-12H2,1-3H3. The van der Waals surface area contributed by atoms with Crippen LogP contribution in [0.1, 0.15) is 45.2 Å². The molecule has 0 radical (unpaired) electrons. The molecule has 1 saturated carbocycles. The van der Waals surface area contributed by atoms with Gasteiger partial charge in [-0.3, -0.25) is 0 Å². The van der Waals surface area contributed by atoms with E-state index in [1.807, 2.05) is 18.2 Å². The van der Waals surface area contributed by atoms with Crippen molar-refractivity contribution < 1.29 is 9.84 Å². The summed E-state index contributed by atoms with van der Waals surface area (Å²) in [6.07, 6.45) is 2.45. The molecular weight excluding hydrogens is 250 g/mol. The molecule has 0 bridgehead atoms. The number of nitrogens with one attached hydrogen (secondary N) is 1. The third-order valence-electron chi connectivity index (χ3n) is 4.90. The molecule has 0 saturated heterocycles. The Bertz CT molecular complexity index is 409. The molecule has 4 atom stereocenters. The maximum Gasteiger partial charge on any atom is 0.0658 e. The first kappa shape index (κ1) is 15.5. The molecule has 0 spiro atoms. The molecule has 0 heterocycles.